The Hall–Kier alpha value is -0.660. The summed E-state index contributed by atoms with van der Waals surface area (Å²) in [6, 6.07) is 0. The van der Waals surface area contributed by atoms with Crippen molar-refractivity contribution >= 4 is 15.9 Å². The van der Waals surface area contributed by atoms with Gasteiger partial charge >= 0.3 is 0 Å². The summed E-state index contributed by atoms with van der Waals surface area (Å²) in [5, 5.41) is 9.48. The molecule has 7 heteroatoms. The molecule has 1 atom stereocenters. The minimum absolute atomic E-state index is 0.0317. The van der Waals surface area contributed by atoms with Crippen LogP contribution >= 0.6 is 0 Å². The summed E-state index contributed by atoms with van der Waals surface area (Å²) in [5.74, 6) is 0.0991. The molecule has 0 aliphatic carbocycles. The predicted molar refractivity (Wildman–Crippen MR) is 75.6 cm³/mol. The Morgan fingerprint density at radius 1 is 1.30 bits per heavy atom. The molecule has 0 aromatic heterocycles. The number of carbonyl (C=O) groups excluding carboxylic acids is 1. The zero-order valence-corrected chi connectivity index (χ0v) is 13.0. The molecular formula is C13H24N2O4S. The van der Waals surface area contributed by atoms with Gasteiger partial charge in [-0.3, -0.25) is 4.79 Å². The lowest BCUT2D eigenvalue weighted by molar-refractivity contribution is -0.140. The molecule has 0 bridgehead atoms. The molecule has 0 radical (unpaired) electrons. The van der Waals surface area contributed by atoms with Crippen LogP contribution in [-0.4, -0.2) is 67.2 Å². The SMILES string of the molecule is C[C@H](O)CN1CC2(CCC1=O)CCN(S(C)(=O)=O)CC2. The lowest BCUT2D eigenvalue weighted by atomic mass is 9.72. The number of hydrogen-bond donors (Lipinski definition) is 1. The van der Waals surface area contributed by atoms with Crippen molar-refractivity contribution in [1.82, 2.24) is 9.21 Å². The second-order valence-electron chi connectivity index (χ2n) is 6.29. The summed E-state index contributed by atoms with van der Waals surface area (Å²) in [6.07, 6.45) is 3.65. The standard InChI is InChI=1S/C13H24N2O4S/c1-11(16)9-14-10-13(4-3-12(14)17)5-7-15(8-6-13)20(2,18)19/h11,16H,3-10H2,1-2H3/t11-/m0/s1. The van der Waals surface area contributed by atoms with Crippen LogP contribution in [0.1, 0.15) is 32.6 Å². The summed E-state index contributed by atoms with van der Waals surface area (Å²) in [7, 11) is -3.11. The molecule has 0 aromatic carbocycles. The van der Waals surface area contributed by atoms with E-state index in [2.05, 4.69) is 0 Å². The van der Waals surface area contributed by atoms with Crippen molar-refractivity contribution in [3.63, 3.8) is 0 Å². The highest BCUT2D eigenvalue weighted by atomic mass is 32.2. The number of piperidine rings is 2. The first-order valence-corrected chi connectivity index (χ1v) is 8.98. The number of β-amino-alcohol motifs (C(OH)–C–C–N with tert-alkyl or cyclic N) is 1. The summed E-state index contributed by atoms with van der Waals surface area (Å²) in [6.45, 7) is 3.77. The van der Waals surface area contributed by atoms with E-state index in [0.29, 0.717) is 32.6 Å². The molecule has 1 N–H and O–H groups in total. The van der Waals surface area contributed by atoms with Gasteiger partial charge in [-0.1, -0.05) is 0 Å². The van der Waals surface area contributed by atoms with E-state index in [1.807, 2.05) is 0 Å². The summed E-state index contributed by atoms with van der Waals surface area (Å²) < 4.78 is 24.6. The predicted octanol–water partition coefficient (Wildman–Crippen LogP) is 0.0314. The van der Waals surface area contributed by atoms with Crippen LogP contribution in [0, 0.1) is 5.41 Å². The monoisotopic (exact) mass is 304 g/mol. The number of nitrogens with zero attached hydrogens (tertiary/aromatic N) is 2. The second-order valence-corrected chi connectivity index (χ2v) is 8.27. The number of amides is 1. The van der Waals surface area contributed by atoms with Gasteiger partial charge in [0, 0.05) is 32.6 Å². The highest BCUT2D eigenvalue weighted by Crippen LogP contribution is 2.40. The molecular weight excluding hydrogens is 280 g/mol. The molecule has 2 rings (SSSR count). The fourth-order valence-electron chi connectivity index (χ4n) is 3.29. The number of likely N-dealkylation sites (tertiary alicyclic amines) is 1. The fourth-order valence-corrected chi connectivity index (χ4v) is 4.13. The third kappa shape index (κ3) is 3.51. The van der Waals surface area contributed by atoms with Gasteiger partial charge in [0.1, 0.15) is 0 Å². The van der Waals surface area contributed by atoms with Crippen molar-refractivity contribution in [1.29, 1.82) is 0 Å². The number of carbonyl (C=O) groups is 1. The smallest absolute Gasteiger partial charge is 0.222 e. The number of rotatable bonds is 3. The quantitative estimate of drug-likeness (QED) is 0.798. The van der Waals surface area contributed by atoms with Crippen molar-refractivity contribution in [3.8, 4) is 0 Å². The highest BCUT2D eigenvalue weighted by Gasteiger charge is 2.42. The van der Waals surface area contributed by atoms with E-state index >= 15 is 0 Å². The Labute approximate surface area is 120 Å². The van der Waals surface area contributed by atoms with Crippen molar-refractivity contribution in [2.75, 3.05) is 32.4 Å². The lowest BCUT2D eigenvalue weighted by Crippen LogP contribution is -2.53. The fraction of sp³-hybridized carbons (Fsp3) is 0.923. The van der Waals surface area contributed by atoms with E-state index < -0.39 is 16.1 Å². The molecule has 0 unspecified atom stereocenters. The maximum atomic E-state index is 11.9. The van der Waals surface area contributed by atoms with E-state index in [0.717, 1.165) is 19.3 Å². The maximum absolute atomic E-state index is 11.9. The van der Waals surface area contributed by atoms with Crippen molar-refractivity contribution < 1.29 is 18.3 Å². The Kier molecular flexibility index (Phi) is 4.41. The largest absolute Gasteiger partial charge is 0.392 e. The molecule has 0 aromatic rings. The van der Waals surface area contributed by atoms with E-state index in [1.54, 1.807) is 11.8 Å². The minimum Gasteiger partial charge on any atom is -0.392 e. The molecule has 2 aliphatic rings. The Morgan fingerprint density at radius 3 is 2.40 bits per heavy atom. The Balaban J connectivity index is 2.01. The van der Waals surface area contributed by atoms with Crippen molar-refractivity contribution in [3.05, 3.63) is 0 Å². The molecule has 6 nitrogen and oxygen atoms in total. The first-order valence-electron chi connectivity index (χ1n) is 7.13. The normalized spacial score (nSPS) is 25.9. The molecule has 116 valence electrons. The van der Waals surface area contributed by atoms with E-state index in [1.165, 1.54) is 10.6 Å². The van der Waals surface area contributed by atoms with Crippen LogP contribution in [0.2, 0.25) is 0 Å². The van der Waals surface area contributed by atoms with E-state index in [9.17, 15) is 18.3 Å². The molecule has 2 heterocycles. The zero-order valence-electron chi connectivity index (χ0n) is 12.2. The molecule has 2 aliphatic heterocycles. The third-order valence-electron chi connectivity index (χ3n) is 4.48. The molecule has 0 saturated carbocycles. The zero-order chi connectivity index (χ0) is 15.0. The number of sulfonamides is 1. The van der Waals surface area contributed by atoms with Gasteiger partial charge in [-0.2, -0.15) is 0 Å². The summed E-state index contributed by atoms with van der Waals surface area (Å²) in [4.78, 5) is 13.6. The van der Waals surface area contributed by atoms with Crippen LogP contribution in [0.25, 0.3) is 0 Å². The van der Waals surface area contributed by atoms with Gasteiger partial charge in [0.15, 0.2) is 0 Å². The first kappa shape index (κ1) is 15.7. The first-order chi connectivity index (χ1) is 9.22. The van der Waals surface area contributed by atoms with Crippen molar-refractivity contribution in [2.45, 2.75) is 38.7 Å². The Bertz CT molecular complexity index is 467. The second kappa shape index (κ2) is 5.61. The van der Waals surface area contributed by atoms with E-state index in [-0.39, 0.29) is 11.3 Å². The molecule has 2 saturated heterocycles. The van der Waals surface area contributed by atoms with Gasteiger partial charge in [0.25, 0.3) is 0 Å². The Morgan fingerprint density at radius 2 is 1.90 bits per heavy atom. The number of aliphatic hydroxyl groups is 1. The minimum atomic E-state index is -3.11. The van der Waals surface area contributed by atoms with Crippen LogP contribution in [0.15, 0.2) is 0 Å². The van der Waals surface area contributed by atoms with E-state index in [4.69, 9.17) is 0 Å². The summed E-state index contributed by atoms with van der Waals surface area (Å²) >= 11 is 0. The molecule has 1 spiro atoms. The lowest BCUT2D eigenvalue weighted by Gasteiger charge is -2.47. The number of aliphatic hydroxyl groups excluding tert-OH is 1. The van der Waals surface area contributed by atoms with Crippen LogP contribution in [0.5, 0.6) is 0 Å². The highest BCUT2D eigenvalue weighted by molar-refractivity contribution is 7.88. The van der Waals surface area contributed by atoms with Crippen LogP contribution < -0.4 is 0 Å². The van der Waals surface area contributed by atoms with Crippen molar-refractivity contribution in [2.24, 2.45) is 5.41 Å². The topological polar surface area (TPSA) is 77.9 Å². The average Bonchev–Trinajstić information content (AvgIpc) is 2.33. The third-order valence-corrected chi connectivity index (χ3v) is 5.79. The van der Waals surface area contributed by atoms with Gasteiger partial charge in [-0.15, -0.1) is 0 Å². The van der Waals surface area contributed by atoms with Gasteiger partial charge in [0.2, 0.25) is 15.9 Å². The molecule has 2 fully saturated rings. The molecule has 1 amide bonds. The van der Waals surface area contributed by atoms with Gasteiger partial charge < -0.3 is 10.0 Å². The van der Waals surface area contributed by atoms with Gasteiger partial charge in [-0.25, -0.2) is 12.7 Å². The van der Waals surface area contributed by atoms with Crippen LogP contribution in [0.4, 0.5) is 0 Å². The van der Waals surface area contributed by atoms with Gasteiger partial charge in [-0.05, 0) is 31.6 Å². The maximum Gasteiger partial charge on any atom is 0.222 e. The molecule has 20 heavy (non-hydrogen) atoms. The van der Waals surface area contributed by atoms with Crippen LogP contribution in [0.3, 0.4) is 0 Å². The van der Waals surface area contributed by atoms with Gasteiger partial charge in [0.05, 0.1) is 12.4 Å². The summed E-state index contributed by atoms with van der Waals surface area (Å²) in [5.41, 5.74) is 0.0317. The number of hydrogen-bond acceptors (Lipinski definition) is 4. The average molecular weight is 304 g/mol. The van der Waals surface area contributed by atoms with Crippen LogP contribution in [-0.2, 0) is 14.8 Å².